The van der Waals surface area contributed by atoms with Gasteiger partial charge in [0.15, 0.2) is 0 Å². The number of pyridine rings is 1. The number of rotatable bonds is 3. The maximum absolute atomic E-state index is 12.6. The third-order valence-corrected chi connectivity index (χ3v) is 4.89. The van der Waals surface area contributed by atoms with Crippen molar-refractivity contribution in [2.24, 2.45) is 0 Å². The van der Waals surface area contributed by atoms with Crippen molar-refractivity contribution in [2.75, 3.05) is 39.4 Å². The minimum atomic E-state index is 0.0340. The van der Waals surface area contributed by atoms with Crippen LogP contribution in [0, 0.1) is 0 Å². The van der Waals surface area contributed by atoms with E-state index in [1.165, 1.54) is 13.0 Å². The molecule has 0 saturated carbocycles. The average molecular weight is 317 g/mol. The van der Waals surface area contributed by atoms with E-state index in [2.05, 4.69) is 24.8 Å². The first kappa shape index (κ1) is 16.4. The van der Waals surface area contributed by atoms with E-state index in [4.69, 9.17) is 9.72 Å². The molecule has 3 heterocycles. The molecule has 1 aromatic heterocycles. The fraction of sp³-hybridized carbons (Fsp3) is 0.667. The molecule has 5 nitrogen and oxygen atoms in total. The Bertz CT molecular complexity index is 541. The SMILES string of the molecule is CC(C)N1CCC[C@H](c2cccc(C(=O)N3CCOCC3)n2)C1. The standard InChI is InChI=1S/C18H27N3O2/c1-14(2)21-8-4-5-15(13-21)16-6-3-7-17(19-16)18(22)20-9-11-23-12-10-20/h3,6-7,14-15H,4-5,8-13H2,1-2H3/t15-/m0/s1. The first-order chi connectivity index (χ1) is 11.1. The number of aromatic nitrogens is 1. The van der Waals surface area contributed by atoms with E-state index < -0.39 is 0 Å². The fourth-order valence-electron chi connectivity index (χ4n) is 3.44. The molecular formula is C18H27N3O2. The second-order valence-corrected chi connectivity index (χ2v) is 6.78. The van der Waals surface area contributed by atoms with Crippen LogP contribution in [0.2, 0.25) is 0 Å². The minimum Gasteiger partial charge on any atom is -0.378 e. The second kappa shape index (κ2) is 7.41. The summed E-state index contributed by atoms with van der Waals surface area (Å²) in [6.07, 6.45) is 2.36. The summed E-state index contributed by atoms with van der Waals surface area (Å²) in [6, 6.07) is 6.45. The van der Waals surface area contributed by atoms with Crippen LogP contribution in [-0.2, 0) is 4.74 Å². The van der Waals surface area contributed by atoms with Crippen molar-refractivity contribution in [3.05, 3.63) is 29.6 Å². The molecule has 2 aliphatic heterocycles. The molecule has 1 aromatic rings. The number of nitrogens with zero attached hydrogens (tertiary/aromatic N) is 3. The van der Waals surface area contributed by atoms with Gasteiger partial charge in [0.1, 0.15) is 5.69 Å². The number of carbonyl (C=O) groups excluding carboxylic acids is 1. The molecule has 2 saturated heterocycles. The van der Waals surface area contributed by atoms with Crippen LogP contribution in [-0.4, -0.2) is 66.1 Å². The topological polar surface area (TPSA) is 45.7 Å². The molecule has 0 aliphatic carbocycles. The van der Waals surface area contributed by atoms with Gasteiger partial charge in [-0.05, 0) is 45.4 Å². The number of morpholine rings is 1. The molecule has 0 unspecified atom stereocenters. The molecule has 0 N–H and O–H groups in total. The van der Waals surface area contributed by atoms with Crippen molar-refractivity contribution in [1.82, 2.24) is 14.8 Å². The van der Waals surface area contributed by atoms with Crippen LogP contribution in [0.15, 0.2) is 18.2 Å². The number of likely N-dealkylation sites (tertiary alicyclic amines) is 1. The first-order valence-corrected chi connectivity index (χ1v) is 8.73. The lowest BCUT2D eigenvalue weighted by Gasteiger charge is -2.35. The van der Waals surface area contributed by atoms with E-state index in [9.17, 15) is 4.79 Å². The third-order valence-electron chi connectivity index (χ3n) is 4.89. The Morgan fingerprint density at radius 1 is 1.26 bits per heavy atom. The molecule has 1 amide bonds. The summed E-state index contributed by atoms with van der Waals surface area (Å²) < 4.78 is 5.32. The molecule has 2 fully saturated rings. The Balaban J connectivity index is 1.72. The van der Waals surface area contributed by atoms with Gasteiger partial charge < -0.3 is 14.5 Å². The summed E-state index contributed by atoms with van der Waals surface area (Å²) >= 11 is 0. The summed E-state index contributed by atoms with van der Waals surface area (Å²) in [5, 5.41) is 0. The zero-order valence-corrected chi connectivity index (χ0v) is 14.2. The van der Waals surface area contributed by atoms with Crippen molar-refractivity contribution in [3.8, 4) is 0 Å². The lowest BCUT2D eigenvalue weighted by atomic mass is 9.93. The fourth-order valence-corrected chi connectivity index (χ4v) is 3.44. The Morgan fingerprint density at radius 3 is 2.78 bits per heavy atom. The predicted molar refractivity (Wildman–Crippen MR) is 89.6 cm³/mol. The molecule has 1 atom stereocenters. The van der Waals surface area contributed by atoms with Gasteiger partial charge in [0.05, 0.1) is 13.2 Å². The smallest absolute Gasteiger partial charge is 0.272 e. The van der Waals surface area contributed by atoms with Gasteiger partial charge in [0.2, 0.25) is 0 Å². The number of carbonyl (C=O) groups is 1. The van der Waals surface area contributed by atoms with Crippen LogP contribution in [0.25, 0.3) is 0 Å². The van der Waals surface area contributed by atoms with Crippen LogP contribution in [0.1, 0.15) is 48.8 Å². The number of piperidine rings is 1. The van der Waals surface area contributed by atoms with Crippen molar-refractivity contribution in [1.29, 1.82) is 0 Å². The largest absolute Gasteiger partial charge is 0.378 e. The molecular weight excluding hydrogens is 290 g/mol. The molecule has 0 radical (unpaired) electrons. The van der Waals surface area contributed by atoms with Crippen LogP contribution < -0.4 is 0 Å². The highest BCUT2D eigenvalue weighted by Crippen LogP contribution is 2.27. The molecule has 5 heteroatoms. The van der Waals surface area contributed by atoms with Gasteiger partial charge in [-0.2, -0.15) is 0 Å². The maximum Gasteiger partial charge on any atom is 0.272 e. The van der Waals surface area contributed by atoms with Crippen molar-refractivity contribution >= 4 is 5.91 Å². The van der Waals surface area contributed by atoms with E-state index in [1.807, 2.05) is 17.0 Å². The molecule has 0 aromatic carbocycles. The zero-order chi connectivity index (χ0) is 16.2. The summed E-state index contributed by atoms with van der Waals surface area (Å²) in [5.74, 6) is 0.468. The van der Waals surface area contributed by atoms with Gasteiger partial charge in [0, 0.05) is 37.3 Å². The van der Waals surface area contributed by atoms with Crippen molar-refractivity contribution in [3.63, 3.8) is 0 Å². The van der Waals surface area contributed by atoms with Crippen LogP contribution >= 0.6 is 0 Å². The third kappa shape index (κ3) is 3.90. The number of hydrogen-bond donors (Lipinski definition) is 0. The Labute approximate surface area is 138 Å². The Morgan fingerprint density at radius 2 is 2.04 bits per heavy atom. The lowest BCUT2D eigenvalue weighted by molar-refractivity contribution is 0.0298. The maximum atomic E-state index is 12.6. The highest BCUT2D eigenvalue weighted by molar-refractivity contribution is 5.92. The van der Waals surface area contributed by atoms with Crippen molar-refractivity contribution < 1.29 is 9.53 Å². The number of amides is 1. The summed E-state index contributed by atoms with van der Waals surface area (Å²) in [7, 11) is 0. The number of hydrogen-bond acceptors (Lipinski definition) is 4. The van der Waals surface area contributed by atoms with Gasteiger partial charge in [-0.1, -0.05) is 6.07 Å². The zero-order valence-electron chi connectivity index (χ0n) is 14.2. The van der Waals surface area contributed by atoms with Crippen LogP contribution in [0.3, 0.4) is 0 Å². The number of ether oxygens (including phenoxy) is 1. The molecule has 2 aliphatic rings. The van der Waals surface area contributed by atoms with Gasteiger partial charge >= 0.3 is 0 Å². The average Bonchev–Trinajstić information content (AvgIpc) is 2.62. The Hall–Kier alpha value is -1.46. The van der Waals surface area contributed by atoms with Gasteiger partial charge in [-0.15, -0.1) is 0 Å². The van der Waals surface area contributed by atoms with Gasteiger partial charge in [-0.25, -0.2) is 4.98 Å². The van der Waals surface area contributed by atoms with Crippen LogP contribution in [0.4, 0.5) is 0 Å². The second-order valence-electron chi connectivity index (χ2n) is 6.78. The van der Waals surface area contributed by atoms with Gasteiger partial charge in [0.25, 0.3) is 5.91 Å². The lowest BCUT2D eigenvalue weighted by Crippen LogP contribution is -2.41. The van der Waals surface area contributed by atoms with E-state index >= 15 is 0 Å². The molecule has 23 heavy (non-hydrogen) atoms. The van der Waals surface area contributed by atoms with Gasteiger partial charge in [-0.3, -0.25) is 4.79 Å². The highest BCUT2D eigenvalue weighted by atomic mass is 16.5. The monoisotopic (exact) mass is 317 g/mol. The molecule has 0 spiro atoms. The molecule has 126 valence electrons. The van der Waals surface area contributed by atoms with E-state index in [0.29, 0.717) is 44.0 Å². The van der Waals surface area contributed by atoms with E-state index in [1.54, 1.807) is 0 Å². The summed E-state index contributed by atoms with van der Waals surface area (Å²) in [6.45, 7) is 9.27. The molecule has 0 bridgehead atoms. The summed E-state index contributed by atoms with van der Waals surface area (Å²) in [5.41, 5.74) is 1.64. The molecule has 3 rings (SSSR count). The quantitative estimate of drug-likeness (QED) is 0.857. The van der Waals surface area contributed by atoms with Crippen LogP contribution in [0.5, 0.6) is 0 Å². The van der Waals surface area contributed by atoms with E-state index in [-0.39, 0.29) is 5.91 Å². The Kier molecular flexibility index (Phi) is 5.28. The van der Waals surface area contributed by atoms with E-state index in [0.717, 1.165) is 18.7 Å². The highest BCUT2D eigenvalue weighted by Gasteiger charge is 2.25. The summed E-state index contributed by atoms with van der Waals surface area (Å²) in [4.78, 5) is 21.7. The predicted octanol–water partition coefficient (Wildman–Crippen LogP) is 2.14. The first-order valence-electron chi connectivity index (χ1n) is 8.73. The van der Waals surface area contributed by atoms with Crippen molar-refractivity contribution in [2.45, 2.75) is 38.6 Å². The minimum absolute atomic E-state index is 0.0340. The normalized spacial score (nSPS) is 23.3.